The number of amides is 2. The molecule has 2 amide bonds. The SMILES string of the molecule is COCC(NC(=O)c1ccccc1)Nc1nccc(-c2cccc(N(C#N)C(=O)C3CC3)c2)n1. The zero-order valence-corrected chi connectivity index (χ0v) is 18.6. The molecule has 9 nitrogen and oxygen atoms in total. The van der Waals surface area contributed by atoms with E-state index in [0.717, 1.165) is 23.3 Å². The third kappa shape index (κ3) is 5.54. The standard InChI is InChI=1S/C25H24N6O3/c1-34-15-22(29-23(32)17-6-3-2-4-7-17)30-25-27-13-12-21(28-25)19-8-5-9-20(14-19)31(16-26)24(33)18-10-11-18/h2-9,12-14,18,22H,10-11,15H2,1H3,(H,29,32)(H,27,28,30). The molecule has 1 aliphatic rings. The van der Waals surface area contributed by atoms with Gasteiger partial charge in [0.05, 0.1) is 18.0 Å². The highest BCUT2D eigenvalue weighted by atomic mass is 16.5. The Bertz CT molecular complexity index is 1210. The van der Waals surface area contributed by atoms with Crippen LogP contribution in [0.3, 0.4) is 0 Å². The van der Waals surface area contributed by atoms with Crippen LogP contribution in [-0.2, 0) is 9.53 Å². The minimum atomic E-state index is -0.565. The second-order valence-corrected chi connectivity index (χ2v) is 7.86. The largest absolute Gasteiger partial charge is 0.381 e. The van der Waals surface area contributed by atoms with Gasteiger partial charge in [-0.25, -0.2) is 14.9 Å². The van der Waals surface area contributed by atoms with Crippen molar-refractivity contribution in [1.29, 1.82) is 5.26 Å². The Hall–Kier alpha value is -4.29. The minimum Gasteiger partial charge on any atom is -0.381 e. The molecular weight excluding hydrogens is 432 g/mol. The molecule has 3 aromatic rings. The lowest BCUT2D eigenvalue weighted by Crippen LogP contribution is -2.44. The van der Waals surface area contributed by atoms with Crippen LogP contribution >= 0.6 is 0 Å². The molecule has 1 aliphatic carbocycles. The molecule has 0 aliphatic heterocycles. The number of ether oxygens (including phenoxy) is 1. The summed E-state index contributed by atoms with van der Waals surface area (Å²) >= 11 is 0. The van der Waals surface area contributed by atoms with Gasteiger partial charge >= 0.3 is 0 Å². The van der Waals surface area contributed by atoms with Gasteiger partial charge in [0, 0.05) is 30.4 Å². The van der Waals surface area contributed by atoms with E-state index >= 15 is 0 Å². The lowest BCUT2D eigenvalue weighted by atomic mass is 10.1. The van der Waals surface area contributed by atoms with Crippen LogP contribution in [0.1, 0.15) is 23.2 Å². The molecule has 9 heteroatoms. The van der Waals surface area contributed by atoms with E-state index in [1.54, 1.807) is 54.7 Å². The van der Waals surface area contributed by atoms with Gasteiger partial charge in [-0.2, -0.15) is 5.26 Å². The maximum absolute atomic E-state index is 12.5. The minimum absolute atomic E-state index is 0.0676. The van der Waals surface area contributed by atoms with Crippen LogP contribution in [-0.4, -0.2) is 41.7 Å². The summed E-state index contributed by atoms with van der Waals surface area (Å²) in [5.41, 5.74) is 2.35. The van der Waals surface area contributed by atoms with E-state index in [9.17, 15) is 14.9 Å². The normalized spacial score (nSPS) is 13.4. The fraction of sp³-hybridized carbons (Fsp3) is 0.240. The van der Waals surface area contributed by atoms with Crippen LogP contribution < -0.4 is 15.5 Å². The molecular formula is C25H24N6O3. The van der Waals surface area contributed by atoms with Gasteiger partial charge in [-0.3, -0.25) is 9.59 Å². The van der Waals surface area contributed by atoms with Crippen molar-refractivity contribution in [2.45, 2.75) is 19.0 Å². The summed E-state index contributed by atoms with van der Waals surface area (Å²) in [7, 11) is 1.54. The molecule has 172 valence electrons. The second-order valence-electron chi connectivity index (χ2n) is 7.86. The molecule has 1 heterocycles. The van der Waals surface area contributed by atoms with Gasteiger partial charge in [0.1, 0.15) is 6.17 Å². The molecule has 34 heavy (non-hydrogen) atoms. The fourth-order valence-corrected chi connectivity index (χ4v) is 3.41. The van der Waals surface area contributed by atoms with E-state index in [2.05, 4.69) is 20.6 Å². The van der Waals surface area contributed by atoms with Gasteiger partial charge in [-0.1, -0.05) is 30.3 Å². The highest BCUT2D eigenvalue weighted by Crippen LogP contribution is 2.33. The van der Waals surface area contributed by atoms with E-state index in [1.807, 2.05) is 18.3 Å². The van der Waals surface area contributed by atoms with Crippen molar-refractivity contribution in [1.82, 2.24) is 15.3 Å². The predicted molar refractivity (Wildman–Crippen MR) is 126 cm³/mol. The molecule has 1 aromatic heterocycles. The van der Waals surface area contributed by atoms with Crippen molar-refractivity contribution < 1.29 is 14.3 Å². The number of aromatic nitrogens is 2. The number of carbonyl (C=O) groups is 2. The van der Waals surface area contributed by atoms with Crippen molar-refractivity contribution in [3.8, 4) is 17.5 Å². The molecule has 2 aromatic carbocycles. The zero-order chi connectivity index (χ0) is 23.9. The Morgan fingerprint density at radius 2 is 1.97 bits per heavy atom. The average Bonchev–Trinajstić information content (AvgIpc) is 3.71. The highest BCUT2D eigenvalue weighted by molar-refractivity contribution is 5.99. The quantitative estimate of drug-likeness (QED) is 0.288. The molecule has 1 atom stereocenters. The Morgan fingerprint density at radius 3 is 2.68 bits per heavy atom. The number of carbonyl (C=O) groups excluding carboxylic acids is 2. The summed E-state index contributed by atoms with van der Waals surface area (Å²) in [5.74, 6) is -0.205. The van der Waals surface area contributed by atoms with Crippen LogP contribution in [0.15, 0.2) is 66.9 Å². The number of methoxy groups -OCH3 is 1. The molecule has 0 bridgehead atoms. The lowest BCUT2D eigenvalue weighted by molar-refractivity contribution is -0.119. The third-order valence-corrected chi connectivity index (χ3v) is 5.28. The molecule has 1 fully saturated rings. The summed E-state index contributed by atoms with van der Waals surface area (Å²) in [4.78, 5) is 34.9. The number of benzene rings is 2. The first kappa shape index (κ1) is 22.9. The third-order valence-electron chi connectivity index (χ3n) is 5.28. The molecule has 1 unspecified atom stereocenters. The summed E-state index contributed by atoms with van der Waals surface area (Å²) < 4.78 is 5.23. The lowest BCUT2D eigenvalue weighted by Gasteiger charge is -2.20. The molecule has 0 spiro atoms. The van der Waals surface area contributed by atoms with E-state index in [1.165, 1.54) is 7.11 Å². The van der Waals surface area contributed by atoms with Crippen molar-refractivity contribution in [2.24, 2.45) is 5.92 Å². The maximum atomic E-state index is 12.5. The Balaban J connectivity index is 1.51. The van der Waals surface area contributed by atoms with Crippen LogP contribution in [0, 0.1) is 17.4 Å². The van der Waals surface area contributed by atoms with E-state index in [4.69, 9.17) is 4.74 Å². The summed E-state index contributed by atoms with van der Waals surface area (Å²) in [6.07, 6.45) is 4.66. The Morgan fingerprint density at radius 1 is 1.18 bits per heavy atom. The zero-order valence-electron chi connectivity index (χ0n) is 18.6. The van der Waals surface area contributed by atoms with E-state index < -0.39 is 6.17 Å². The second kappa shape index (κ2) is 10.6. The van der Waals surface area contributed by atoms with Gasteiger partial charge in [-0.15, -0.1) is 0 Å². The Kier molecular flexibility index (Phi) is 7.10. The fourth-order valence-electron chi connectivity index (χ4n) is 3.41. The van der Waals surface area contributed by atoms with Crippen LogP contribution in [0.25, 0.3) is 11.3 Å². The van der Waals surface area contributed by atoms with Gasteiger partial charge in [0.15, 0.2) is 6.19 Å². The Labute approximate surface area is 197 Å². The number of hydrogen-bond acceptors (Lipinski definition) is 7. The molecule has 0 radical (unpaired) electrons. The van der Waals surface area contributed by atoms with Crippen LogP contribution in [0.2, 0.25) is 0 Å². The first-order valence-electron chi connectivity index (χ1n) is 10.9. The van der Waals surface area contributed by atoms with Crippen molar-refractivity contribution in [3.63, 3.8) is 0 Å². The first-order valence-corrected chi connectivity index (χ1v) is 10.9. The van der Waals surface area contributed by atoms with Gasteiger partial charge in [0.2, 0.25) is 11.9 Å². The van der Waals surface area contributed by atoms with Gasteiger partial charge in [-0.05, 0) is 43.2 Å². The average molecular weight is 457 g/mol. The summed E-state index contributed by atoms with van der Waals surface area (Å²) in [6.45, 7) is 0.196. The smallest absolute Gasteiger partial charge is 0.252 e. The van der Waals surface area contributed by atoms with Crippen LogP contribution in [0.5, 0.6) is 0 Å². The van der Waals surface area contributed by atoms with Crippen LogP contribution in [0.4, 0.5) is 11.6 Å². The van der Waals surface area contributed by atoms with E-state index in [0.29, 0.717) is 22.9 Å². The van der Waals surface area contributed by atoms with Crippen molar-refractivity contribution in [2.75, 3.05) is 23.9 Å². The van der Waals surface area contributed by atoms with Gasteiger partial charge in [0.25, 0.3) is 5.91 Å². The highest BCUT2D eigenvalue weighted by Gasteiger charge is 2.34. The maximum Gasteiger partial charge on any atom is 0.252 e. The monoisotopic (exact) mass is 456 g/mol. The number of nitriles is 1. The predicted octanol–water partition coefficient (Wildman–Crippen LogP) is 3.18. The molecule has 4 rings (SSSR count). The number of nitrogens with zero attached hydrogens (tertiary/aromatic N) is 4. The molecule has 2 N–H and O–H groups in total. The van der Waals surface area contributed by atoms with Gasteiger partial charge < -0.3 is 15.4 Å². The molecule has 1 saturated carbocycles. The van der Waals surface area contributed by atoms with Crippen molar-refractivity contribution in [3.05, 3.63) is 72.4 Å². The summed E-state index contributed by atoms with van der Waals surface area (Å²) in [5, 5.41) is 15.5. The van der Waals surface area contributed by atoms with Crippen molar-refractivity contribution >= 4 is 23.5 Å². The number of nitrogens with one attached hydrogen (secondary N) is 2. The number of rotatable bonds is 9. The van der Waals surface area contributed by atoms with E-state index in [-0.39, 0.29) is 24.3 Å². The first-order chi connectivity index (χ1) is 16.6. The summed E-state index contributed by atoms with van der Waals surface area (Å²) in [6, 6.07) is 17.7. The topological polar surface area (TPSA) is 120 Å². The molecule has 0 saturated heterocycles. The number of anilines is 2. The number of hydrogen-bond donors (Lipinski definition) is 2.